The summed E-state index contributed by atoms with van der Waals surface area (Å²) in [5, 5.41) is 4.49. The second kappa shape index (κ2) is 4.39. The van der Waals surface area contributed by atoms with Gasteiger partial charge in [0, 0.05) is 18.3 Å². The van der Waals surface area contributed by atoms with E-state index in [1.165, 1.54) is 0 Å². The molecule has 0 aliphatic carbocycles. The first-order valence-electron chi connectivity index (χ1n) is 5.43. The van der Waals surface area contributed by atoms with Gasteiger partial charge in [-0.25, -0.2) is 0 Å². The van der Waals surface area contributed by atoms with Crippen molar-refractivity contribution in [3.8, 4) is 17.0 Å². The number of hydrogen-bond donors (Lipinski definition) is 0. The molecule has 0 bridgehead atoms. The van der Waals surface area contributed by atoms with E-state index in [2.05, 4.69) is 12.0 Å². The molecule has 1 aromatic carbocycles. The Morgan fingerprint density at radius 2 is 2.12 bits per heavy atom. The third-order valence-electron chi connectivity index (χ3n) is 2.66. The highest BCUT2D eigenvalue weighted by atomic mass is 16.5. The molecule has 0 radical (unpaired) electrons. The lowest BCUT2D eigenvalue weighted by Gasteiger charge is -2.08. The third kappa shape index (κ3) is 1.81. The minimum absolute atomic E-state index is 0.883. The highest BCUT2D eigenvalue weighted by Gasteiger charge is 2.10. The van der Waals surface area contributed by atoms with Crippen LogP contribution >= 0.6 is 0 Å². The number of rotatable bonds is 3. The number of para-hydroxylation sites is 1. The lowest BCUT2D eigenvalue weighted by molar-refractivity contribution is 0.413. The summed E-state index contributed by atoms with van der Waals surface area (Å²) in [5.74, 6) is 0.906. The Morgan fingerprint density at radius 1 is 1.31 bits per heavy atom. The van der Waals surface area contributed by atoms with E-state index < -0.39 is 0 Å². The fraction of sp³-hybridized carbons (Fsp3) is 0.308. The van der Waals surface area contributed by atoms with Crippen molar-refractivity contribution in [3.63, 3.8) is 0 Å². The van der Waals surface area contributed by atoms with Gasteiger partial charge in [0.05, 0.1) is 12.8 Å². The molecule has 0 unspecified atom stereocenters. The van der Waals surface area contributed by atoms with E-state index in [1.807, 2.05) is 42.1 Å². The molecule has 0 atom stereocenters. The van der Waals surface area contributed by atoms with Crippen LogP contribution in [0.1, 0.15) is 12.5 Å². The summed E-state index contributed by atoms with van der Waals surface area (Å²) in [6.07, 6.45) is 1.98. The lowest BCUT2D eigenvalue weighted by atomic mass is 10.1. The van der Waals surface area contributed by atoms with Gasteiger partial charge >= 0.3 is 0 Å². The Morgan fingerprint density at radius 3 is 2.75 bits per heavy atom. The van der Waals surface area contributed by atoms with E-state index in [4.69, 9.17) is 4.74 Å². The van der Waals surface area contributed by atoms with Crippen molar-refractivity contribution in [1.29, 1.82) is 0 Å². The van der Waals surface area contributed by atoms with Crippen LogP contribution in [0.3, 0.4) is 0 Å². The highest BCUT2D eigenvalue weighted by Crippen LogP contribution is 2.31. The molecule has 0 spiro atoms. The largest absolute Gasteiger partial charge is 0.496 e. The molecule has 1 heterocycles. The van der Waals surface area contributed by atoms with Gasteiger partial charge in [-0.1, -0.05) is 12.1 Å². The summed E-state index contributed by atoms with van der Waals surface area (Å²) in [6.45, 7) is 5.00. The maximum absolute atomic E-state index is 5.42. The molecule has 16 heavy (non-hydrogen) atoms. The summed E-state index contributed by atoms with van der Waals surface area (Å²) in [4.78, 5) is 0. The van der Waals surface area contributed by atoms with Crippen molar-refractivity contribution < 1.29 is 4.74 Å². The van der Waals surface area contributed by atoms with Gasteiger partial charge in [-0.3, -0.25) is 4.68 Å². The fourth-order valence-electron chi connectivity index (χ4n) is 1.81. The normalized spacial score (nSPS) is 10.4. The number of aryl methyl sites for hydroxylation is 2. The zero-order chi connectivity index (χ0) is 11.5. The first-order chi connectivity index (χ1) is 7.76. The van der Waals surface area contributed by atoms with Gasteiger partial charge in [0.2, 0.25) is 0 Å². The van der Waals surface area contributed by atoms with Gasteiger partial charge in [-0.05, 0) is 31.5 Å². The van der Waals surface area contributed by atoms with Crippen LogP contribution in [0.2, 0.25) is 0 Å². The van der Waals surface area contributed by atoms with Crippen LogP contribution < -0.4 is 4.74 Å². The molecule has 2 aromatic rings. The van der Waals surface area contributed by atoms with Crippen molar-refractivity contribution >= 4 is 0 Å². The predicted molar refractivity (Wildman–Crippen MR) is 64.6 cm³/mol. The quantitative estimate of drug-likeness (QED) is 0.788. The minimum atomic E-state index is 0.883. The minimum Gasteiger partial charge on any atom is -0.496 e. The van der Waals surface area contributed by atoms with Crippen molar-refractivity contribution in [3.05, 3.63) is 36.0 Å². The second-order valence-corrected chi connectivity index (χ2v) is 3.71. The van der Waals surface area contributed by atoms with Crippen LogP contribution in [0.25, 0.3) is 11.3 Å². The van der Waals surface area contributed by atoms with Crippen LogP contribution in [-0.4, -0.2) is 16.9 Å². The number of ether oxygens (including phenoxy) is 1. The van der Waals surface area contributed by atoms with Crippen molar-refractivity contribution in [2.45, 2.75) is 20.4 Å². The molecule has 3 heteroatoms. The van der Waals surface area contributed by atoms with Crippen LogP contribution in [0.5, 0.6) is 5.75 Å². The maximum atomic E-state index is 5.42. The molecule has 0 saturated carbocycles. The molecular weight excluding hydrogens is 200 g/mol. The molecule has 0 aliphatic heterocycles. The van der Waals surface area contributed by atoms with E-state index in [1.54, 1.807) is 7.11 Å². The third-order valence-corrected chi connectivity index (χ3v) is 2.66. The highest BCUT2D eigenvalue weighted by molar-refractivity contribution is 5.68. The Hall–Kier alpha value is -1.77. The summed E-state index contributed by atoms with van der Waals surface area (Å²) in [7, 11) is 1.70. The van der Waals surface area contributed by atoms with Crippen molar-refractivity contribution in [2.75, 3.05) is 7.11 Å². The van der Waals surface area contributed by atoms with Gasteiger partial charge < -0.3 is 4.74 Å². The van der Waals surface area contributed by atoms with Gasteiger partial charge in [-0.2, -0.15) is 5.10 Å². The maximum Gasteiger partial charge on any atom is 0.131 e. The summed E-state index contributed by atoms with van der Waals surface area (Å²) >= 11 is 0. The average molecular weight is 216 g/mol. The number of hydrogen-bond acceptors (Lipinski definition) is 2. The monoisotopic (exact) mass is 216 g/mol. The van der Waals surface area contributed by atoms with Crippen molar-refractivity contribution in [2.24, 2.45) is 0 Å². The van der Waals surface area contributed by atoms with E-state index in [0.717, 1.165) is 29.1 Å². The van der Waals surface area contributed by atoms with Gasteiger partial charge in [0.15, 0.2) is 0 Å². The summed E-state index contributed by atoms with van der Waals surface area (Å²) < 4.78 is 7.34. The van der Waals surface area contributed by atoms with Gasteiger partial charge in [0.1, 0.15) is 5.75 Å². The molecule has 0 saturated heterocycles. The number of benzene rings is 1. The topological polar surface area (TPSA) is 27.1 Å². The van der Waals surface area contributed by atoms with Gasteiger partial charge in [0.25, 0.3) is 0 Å². The van der Waals surface area contributed by atoms with Crippen molar-refractivity contribution in [1.82, 2.24) is 9.78 Å². The Labute approximate surface area is 95.7 Å². The molecule has 3 nitrogen and oxygen atoms in total. The first-order valence-corrected chi connectivity index (χ1v) is 5.43. The smallest absolute Gasteiger partial charge is 0.131 e. The molecular formula is C13H16N2O. The Bertz CT molecular complexity index is 488. The zero-order valence-corrected chi connectivity index (χ0v) is 9.90. The van der Waals surface area contributed by atoms with E-state index in [-0.39, 0.29) is 0 Å². The molecule has 0 amide bonds. The van der Waals surface area contributed by atoms with Crippen LogP contribution in [0.15, 0.2) is 30.5 Å². The van der Waals surface area contributed by atoms with Gasteiger partial charge in [-0.15, -0.1) is 0 Å². The summed E-state index contributed by atoms with van der Waals surface area (Å²) in [6, 6.07) is 8.12. The molecule has 0 aliphatic rings. The molecule has 84 valence electrons. The van der Waals surface area contributed by atoms with E-state index >= 15 is 0 Å². The van der Waals surface area contributed by atoms with E-state index in [0.29, 0.717) is 0 Å². The second-order valence-electron chi connectivity index (χ2n) is 3.71. The van der Waals surface area contributed by atoms with Crippen LogP contribution in [0, 0.1) is 6.92 Å². The standard InChI is InChI=1S/C13H16N2O/c1-4-15-9-8-12(14-15)11-7-5-6-10(2)13(11)16-3/h5-9H,4H2,1-3H3. The zero-order valence-electron chi connectivity index (χ0n) is 9.90. The number of methoxy groups -OCH3 is 1. The fourth-order valence-corrected chi connectivity index (χ4v) is 1.81. The van der Waals surface area contributed by atoms with Crippen LogP contribution in [-0.2, 0) is 6.54 Å². The molecule has 1 aromatic heterocycles. The molecule has 0 N–H and O–H groups in total. The van der Waals surface area contributed by atoms with E-state index in [9.17, 15) is 0 Å². The Kier molecular flexibility index (Phi) is 2.95. The summed E-state index contributed by atoms with van der Waals surface area (Å²) in [5.41, 5.74) is 3.14. The number of nitrogens with zero attached hydrogens (tertiary/aromatic N) is 2. The molecule has 0 fully saturated rings. The van der Waals surface area contributed by atoms with Crippen LogP contribution in [0.4, 0.5) is 0 Å². The average Bonchev–Trinajstić information content (AvgIpc) is 2.77. The molecule has 2 rings (SSSR count). The SMILES string of the molecule is CCn1ccc(-c2cccc(C)c2OC)n1. The predicted octanol–water partition coefficient (Wildman–Crippen LogP) is 2.89. The Balaban J connectivity index is 2.50. The number of aromatic nitrogens is 2. The first kappa shape index (κ1) is 10.7. The lowest BCUT2D eigenvalue weighted by Crippen LogP contribution is -1.95.